The van der Waals surface area contributed by atoms with E-state index in [1.807, 2.05) is 13.8 Å². The van der Waals surface area contributed by atoms with Crippen molar-refractivity contribution in [2.45, 2.75) is 39.0 Å². The Bertz CT molecular complexity index is 238. The zero-order chi connectivity index (χ0) is 10.2. The van der Waals surface area contributed by atoms with Crippen LogP contribution in [-0.4, -0.2) is 40.3 Å². The predicted octanol–water partition coefficient (Wildman–Crippen LogP) is 0.689. The molecule has 0 aromatic heterocycles. The number of carboxylic acid groups (broad SMARTS) is 1. The Labute approximate surface area is 76.3 Å². The van der Waals surface area contributed by atoms with Crippen molar-refractivity contribution in [1.82, 2.24) is 4.90 Å². The van der Waals surface area contributed by atoms with Crippen LogP contribution in [0.1, 0.15) is 20.8 Å². The lowest BCUT2D eigenvalue weighted by molar-refractivity contribution is -0.146. The first kappa shape index (κ1) is 9.83. The highest BCUT2D eigenvalue weighted by molar-refractivity contribution is 5.82. The molecule has 2 atom stereocenters. The van der Waals surface area contributed by atoms with Crippen LogP contribution in [-0.2, 0) is 9.53 Å². The van der Waals surface area contributed by atoms with Gasteiger partial charge in [-0.15, -0.1) is 0 Å². The summed E-state index contributed by atoms with van der Waals surface area (Å²) in [5, 5.41) is 8.70. The second-order valence-electron chi connectivity index (χ2n) is 3.38. The topological polar surface area (TPSA) is 66.8 Å². The molecule has 1 N–H and O–H groups in total. The number of nitrogens with zero attached hydrogens (tertiary/aromatic N) is 1. The SMILES string of the molecule is CC(C)N1C(=O)OC(C(=O)O)C1C. The maximum absolute atomic E-state index is 11.2. The van der Waals surface area contributed by atoms with E-state index in [-0.39, 0.29) is 6.04 Å². The molecule has 1 aliphatic rings. The summed E-state index contributed by atoms with van der Waals surface area (Å²) in [7, 11) is 0. The molecule has 0 aromatic carbocycles. The smallest absolute Gasteiger partial charge is 0.411 e. The van der Waals surface area contributed by atoms with E-state index in [0.717, 1.165) is 0 Å². The highest BCUT2D eigenvalue weighted by atomic mass is 16.6. The van der Waals surface area contributed by atoms with E-state index >= 15 is 0 Å². The molecule has 5 heteroatoms. The Balaban J connectivity index is 2.81. The van der Waals surface area contributed by atoms with Crippen molar-refractivity contribution >= 4 is 12.1 Å². The quantitative estimate of drug-likeness (QED) is 0.690. The Hall–Kier alpha value is -1.26. The van der Waals surface area contributed by atoms with Gasteiger partial charge in [-0.2, -0.15) is 0 Å². The molecule has 0 radical (unpaired) electrons. The van der Waals surface area contributed by atoms with E-state index in [0.29, 0.717) is 0 Å². The number of ether oxygens (including phenoxy) is 1. The number of rotatable bonds is 2. The number of carboxylic acids is 1. The molecule has 1 fully saturated rings. The zero-order valence-electron chi connectivity index (χ0n) is 7.85. The Morgan fingerprint density at radius 1 is 1.62 bits per heavy atom. The van der Waals surface area contributed by atoms with Gasteiger partial charge in [0.15, 0.2) is 0 Å². The van der Waals surface area contributed by atoms with Crippen LogP contribution >= 0.6 is 0 Å². The lowest BCUT2D eigenvalue weighted by Gasteiger charge is -2.22. The summed E-state index contributed by atoms with van der Waals surface area (Å²) in [6.45, 7) is 5.31. The highest BCUT2D eigenvalue weighted by Crippen LogP contribution is 2.21. The summed E-state index contributed by atoms with van der Waals surface area (Å²) < 4.78 is 4.70. The molecule has 5 nitrogen and oxygen atoms in total. The first-order chi connectivity index (χ1) is 5.95. The summed E-state index contributed by atoms with van der Waals surface area (Å²) in [5.74, 6) is -1.09. The fraction of sp³-hybridized carbons (Fsp3) is 0.750. The number of carbonyl (C=O) groups excluding carboxylic acids is 1. The molecule has 1 saturated heterocycles. The van der Waals surface area contributed by atoms with Gasteiger partial charge in [0.25, 0.3) is 0 Å². The largest absolute Gasteiger partial charge is 0.478 e. The van der Waals surface area contributed by atoms with Crippen LogP contribution in [0.2, 0.25) is 0 Å². The zero-order valence-corrected chi connectivity index (χ0v) is 7.85. The van der Waals surface area contributed by atoms with Gasteiger partial charge in [0.05, 0.1) is 6.04 Å². The van der Waals surface area contributed by atoms with Crippen LogP contribution in [0.25, 0.3) is 0 Å². The minimum atomic E-state index is -1.09. The van der Waals surface area contributed by atoms with Gasteiger partial charge in [-0.3, -0.25) is 4.90 Å². The number of amides is 1. The van der Waals surface area contributed by atoms with Crippen molar-refractivity contribution in [3.63, 3.8) is 0 Å². The van der Waals surface area contributed by atoms with Gasteiger partial charge in [0, 0.05) is 6.04 Å². The van der Waals surface area contributed by atoms with Gasteiger partial charge in [0.1, 0.15) is 0 Å². The van der Waals surface area contributed by atoms with Crippen molar-refractivity contribution in [3.8, 4) is 0 Å². The average molecular weight is 187 g/mol. The lowest BCUT2D eigenvalue weighted by Crippen LogP contribution is -2.41. The van der Waals surface area contributed by atoms with Gasteiger partial charge in [-0.1, -0.05) is 0 Å². The van der Waals surface area contributed by atoms with E-state index in [4.69, 9.17) is 9.84 Å². The molecule has 13 heavy (non-hydrogen) atoms. The minimum Gasteiger partial charge on any atom is -0.478 e. The van der Waals surface area contributed by atoms with Crippen molar-refractivity contribution < 1.29 is 19.4 Å². The number of carbonyl (C=O) groups is 2. The van der Waals surface area contributed by atoms with Crippen LogP contribution in [0, 0.1) is 0 Å². The van der Waals surface area contributed by atoms with E-state index in [9.17, 15) is 9.59 Å². The van der Waals surface area contributed by atoms with E-state index < -0.39 is 24.2 Å². The van der Waals surface area contributed by atoms with E-state index in [1.54, 1.807) is 6.92 Å². The van der Waals surface area contributed by atoms with Crippen LogP contribution in [0.3, 0.4) is 0 Å². The molecule has 1 amide bonds. The van der Waals surface area contributed by atoms with Crippen LogP contribution in [0.15, 0.2) is 0 Å². The third-order valence-electron chi connectivity index (χ3n) is 2.12. The number of cyclic esters (lactones) is 1. The second-order valence-corrected chi connectivity index (χ2v) is 3.38. The maximum Gasteiger partial charge on any atom is 0.411 e. The van der Waals surface area contributed by atoms with Crippen molar-refractivity contribution in [2.75, 3.05) is 0 Å². The number of hydrogen-bond acceptors (Lipinski definition) is 3. The van der Waals surface area contributed by atoms with Crippen molar-refractivity contribution in [2.24, 2.45) is 0 Å². The summed E-state index contributed by atoms with van der Waals surface area (Å²) >= 11 is 0. The number of hydrogen-bond donors (Lipinski definition) is 1. The van der Waals surface area contributed by atoms with Crippen LogP contribution in [0.4, 0.5) is 4.79 Å². The molecule has 74 valence electrons. The fourth-order valence-corrected chi connectivity index (χ4v) is 1.52. The molecule has 0 saturated carbocycles. The molecule has 0 aliphatic carbocycles. The van der Waals surface area contributed by atoms with Crippen molar-refractivity contribution in [1.29, 1.82) is 0 Å². The van der Waals surface area contributed by atoms with Gasteiger partial charge < -0.3 is 9.84 Å². The molecule has 0 aromatic rings. The van der Waals surface area contributed by atoms with Gasteiger partial charge in [-0.05, 0) is 20.8 Å². The van der Waals surface area contributed by atoms with Crippen LogP contribution in [0.5, 0.6) is 0 Å². The van der Waals surface area contributed by atoms with Gasteiger partial charge in [0.2, 0.25) is 6.10 Å². The third kappa shape index (κ3) is 1.59. The molecule has 2 unspecified atom stereocenters. The lowest BCUT2D eigenvalue weighted by atomic mass is 10.1. The molecular formula is C8H13NO4. The van der Waals surface area contributed by atoms with Gasteiger partial charge in [-0.25, -0.2) is 9.59 Å². The second kappa shape index (κ2) is 3.24. The molecular weight excluding hydrogens is 174 g/mol. The fourth-order valence-electron chi connectivity index (χ4n) is 1.52. The van der Waals surface area contributed by atoms with Gasteiger partial charge >= 0.3 is 12.1 Å². The predicted molar refractivity (Wildman–Crippen MR) is 44.3 cm³/mol. The minimum absolute atomic E-state index is 0.0353. The monoisotopic (exact) mass is 187 g/mol. The molecule has 1 rings (SSSR count). The molecule has 1 heterocycles. The Morgan fingerprint density at radius 2 is 2.15 bits per heavy atom. The third-order valence-corrected chi connectivity index (χ3v) is 2.12. The molecule has 0 bridgehead atoms. The summed E-state index contributed by atoms with van der Waals surface area (Å²) in [5.41, 5.74) is 0. The van der Waals surface area contributed by atoms with E-state index in [1.165, 1.54) is 4.90 Å². The highest BCUT2D eigenvalue weighted by Gasteiger charge is 2.44. The first-order valence-electron chi connectivity index (χ1n) is 4.17. The average Bonchev–Trinajstić information content (AvgIpc) is 2.26. The maximum atomic E-state index is 11.2. The normalized spacial score (nSPS) is 28.0. The first-order valence-corrected chi connectivity index (χ1v) is 4.17. The number of aliphatic carboxylic acids is 1. The molecule has 1 aliphatic heterocycles. The molecule has 0 spiro atoms. The summed E-state index contributed by atoms with van der Waals surface area (Å²) in [6.07, 6.45) is -1.58. The van der Waals surface area contributed by atoms with Crippen molar-refractivity contribution in [3.05, 3.63) is 0 Å². The van der Waals surface area contributed by atoms with E-state index in [2.05, 4.69) is 0 Å². The Morgan fingerprint density at radius 3 is 2.38 bits per heavy atom. The Kier molecular flexibility index (Phi) is 2.45. The van der Waals surface area contributed by atoms with Crippen LogP contribution < -0.4 is 0 Å². The summed E-state index contributed by atoms with van der Waals surface area (Å²) in [6, 6.07) is -0.433. The standard InChI is InChI=1S/C8H13NO4/c1-4(2)9-5(3)6(7(10)11)13-8(9)12/h4-6H,1-3H3,(H,10,11). The summed E-state index contributed by atoms with van der Waals surface area (Å²) in [4.78, 5) is 23.2.